The molecule has 0 radical (unpaired) electrons. The van der Waals surface area contributed by atoms with Crippen molar-refractivity contribution in [2.75, 3.05) is 6.54 Å². The molecule has 194 valence electrons. The number of carbonyl (C=O) groups is 3. The quantitative estimate of drug-likeness (QED) is 0.262. The number of rotatable bonds is 11. The molecule has 0 spiro atoms. The van der Waals surface area contributed by atoms with Crippen molar-refractivity contribution in [2.45, 2.75) is 26.2 Å². The minimum atomic E-state index is -0.998. The summed E-state index contributed by atoms with van der Waals surface area (Å²) in [5, 5.41) is 11.2. The molecule has 0 aliphatic carbocycles. The largest absolute Gasteiger partial charge is 0.481 e. The van der Waals surface area contributed by atoms with Gasteiger partial charge in [0.2, 0.25) is 0 Å². The second-order valence-corrected chi connectivity index (χ2v) is 8.82. The maximum atomic E-state index is 14.8. The number of carbonyl (C=O) groups excluding carboxylic acids is 2. The van der Waals surface area contributed by atoms with E-state index in [2.05, 4.69) is 15.3 Å². The number of Topliss-reactive ketones (excluding diaryl/α,β-unsaturated/α-hetero) is 1. The predicted octanol–water partition coefficient (Wildman–Crippen LogP) is 4.88. The number of aryl methyl sites for hydroxylation is 1. The third-order valence-corrected chi connectivity index (χ3v) is 5.71. The van der Waals surface area contributed by atoms with Crippen LogP contribution in [0.2, 0.25) is 0 Å². The van der Waals surface area contributed by atoms with Crippen LogP contribution < -0.4 is 10.1 Å². The van der Waals surface area contributed by atoms with Crippen molar-refractivity contribution < 1.29 is 28.6 Å². The molecule has 2 heterocycles. The third kappa shape index (κ3) is 7.13. The zero-order chi connectivity index (χ0) is 27.1. The zero-order valence-electron chi connectivity index (χ0n) is 20.7. The number of nitrogens with one attached hydrogen (secondary N) is 2. The number of carboxylic acid groups (broad SMARTS) is 1. The number of hydrogen-bond acceptors (Lipinski definition) is 5. The van der Waals surface area contributed by atoms with Gasteiger partial charge in [-0.2, -0.15) is 0 Å². The van der Waals surface area contributed by atoms with Crippen LogP contribution in [-0.4, -0.2) is 39.3 Å². The van der Waals surface area contributed by atoms with E-state index in [4.69, 9.17) is 9.84 Å². The highest BCUT2D eigenvalue weighted by Gasteiger charge is 2.13. The molecular weight excluding hydrogens is 489 g/mol. The van der Waals surface area contributed by atoms with Crippen molar-refractivity contribution in [3.8, 4) is 22.9 Å². The van der Waals surface area contributed by atoms with Crippen LogP contribution in [0.5, 0.6) is 11.5 Å². The van der Waals surface area contributed by atoms with E-state index >= 15 is 0 Å². The van der Waals surface area contributed by atoms with Gasteiger partial charge in [0.25, 0.3) is 5.91 Å². The average Bonchev–Trinajstić information content (AvgIpc) is 3.36. The Kier molecular flexibility index (Phi) is 8.27. The number of benzene rings is 2. The topological polar surface area (TPSA) is 121 Å². The summed E-state index contributed by atoms with van der Waals surface area (Å²) in [5.41, 5.74) is 3.63. The minimum absolute atomic E-state index is 0.0154. The molecule has 38 heavy (non-hydrogen) atoms. The molecule has 0 fully saturated rings. The van der Waals surface area contributed by atoms with Crippen LogP contribution in [0, 0.1) is 12.7 Å². The van der Waals surface area contributed by atoms with Gasteiger partial charge in [0.15, 0.2) is 0 Å². The lowest BCUT2D eigenvalue weighted by Crippen LogP contribution is -2.25. The first-order chi connectivity index (χ1) is 18.3. The van der Waals surface area contributed by atoms with Crippen molar-refractivity contribution in [1.82, 2.24) is 15.3 Å². The van der Waals surface area contributed by atoms with Crippen LogP contribution in [0.4, 0.5) is 4.39 Å². The highest BCUT2D eigenvalue weighted by Crippen LogP contribution is 2.27. The molecule has 2 aromatic carbocycles. The van der Waals surface area contributed by atoms with Crippen LogP contribution in [0.15, 0.2) is 73.1 Å². The van der Waals surface area contributed by atoms with E-state index in [0.717, 1.165) is 11.1 Å². The van der Waals surface area contributed by atoms with Gasteiger partial charge in [0.05, 0.1) is 23.4 Å². The standard InChI is InChI=1S/C29H26FN3O5/c1-18-3-2-4-19(11-18)12-22(34)13-20-5-6-23(15-25(20)30)38-24-7-9-31-27(16-24)26-14-21(17-33-26)29(37)32-10-8-28(35)36/h2-7,9,11,14-17,33H,8,10,12-13H2,1H3,(H,32,37)(H,35,36). The van der Waals surface area contributed by atoms with Gasteiger partial charge in [-0.05, 0) is 36.2 Å². The van der Waals surface area contributed by atoms with Gasteiger partial charge >= 0.3 is 5.97 Å². The van der Waals surface area contributed by atoms with Crippen molar-refractivity contribution in [1.29, 1.82) is 0 Å². The molecular formula is C29H26FN3O5. The van der Waals surface area contributed by atoms with Gasteiger partial charge < -0.3 is 20.1 Å². The van der Waals surface area contributed by atoms with E-state index in [1.807, 2.05) is 31.2 Å². The number of amides is 1. The number of hydrogen-bond donors (Lipinski definition) is 3. The maximum Gasteiger partial charge on any atom is 0.305 e. The summed E-state index contributed by atoms with van der Waals surface area (Å²) < 4.78 is 20.6. The predicted molar refractivity (Wildman–Crippen MR) is 139 cm³/mol. The number of H-pyrrole nitrogens is 1. The lowest BCUT2D eigenvalue weighted by Gasteiger charge is -2.09. The molecule has 1 amide bonds. The second-order valence-electron chi connectivity index (χ2n) is 8.82. The Hall–Kier alpha value is -4.79. The molecule has 0 aliphatic rings. The monoisotopic (exact) mass is 515 g/mol. The summed E-state index contributed by atoms with van der Waals surface area (Å²) in [5.74, 6) is -1.35. The number of ketones is 1. The molecule has 0 atom stereocenters. The summed E-state index contributed by atoms with van der Waals surface area (Å²) in [6.07, 6.45) is 3.07. The number of halogens is 1. The van der Waals surface area contributed by atoms with E-state index < -0.39 is 17.7 Å². The Labute approximate surface area is 218 Å². The molecule has 0 unspecified atom stereocenters. The molecule has 0 saturated heterocycles. The fourth-order valence-corrected chi connectivity index (χ4v) is 3.88. The van der Waals surface area contributed by atoms with Crippen LogP contribution >= 0.6 is 0 Å². The first kappa shape index (κ1) is 26.3. The normalized spacial score (nSPS) is 10.7. The van der Waals surface area contributed by atoms with Crippen LogP contribution in [0.1, 0.15) is 33.5 Å². The maximum absolute atomic E-state index is 14.8. The molecule has 9 heteroatoms. The SMILES string of the molecule is Cc1cccc(CC(=O)Cc2ccc(Oc3ccnc(-c4cc(C(=O)NCCC(=O)O)c[nH]4)c3)cc2F)c1. The molecule has 4 aromatic rings. The third-order valence-electron chi connectivity index (χ3n) is 5.71. The highest BCUT2D eigenvalue weighted by atomic mass is 19.1. The average molecular weight is 516 g/mol. The van der Waals surface area contributed by atoms with Gasteiger partial charge in [-0.3, -0.25) is 19.4 Å². The van der Waals surface area contributed by atoms with Crippen LogP contribution in [0.25, 0.3) is 11.4 Å². The zero-order valence-corrected chi connectivity index (χ0v) is 20.7. The first-order valence-electron chi connectivity index (χ1n) is 11.9. The fourth-order valence-electron chi connectivity index (χ4n) is 3.88. The van der Waals surface area contributed by atoms with Crippen molar-refractivity contribution in [3.05, 3.63) is 101 Å². The molecule has 2 aromatic heterocycles. The summed E-state index contributed by atoms with van der Waals surface area (Å²) in [6.45, 7) is 1.98. The Morgan fingerprint density at radius 2 is 1.84 bits per heavy atom. The van der Waals surface area contributed by atoms with E-state index in [1.54, 1.807) is 30.3 Å². The number of carboxylic acids is 1. The number of pyridine rings is 1. The lowest BCUT2D eigenvalue weighted by atomic mass is 10.0. The number of ether oxygens (including phenoxy) is 1. The number of aromatic amines is 1. The Morgan fingerprint density at radius 3 is 2.61 bits per heavy atom. The Bertz CT molecular complexity index is 1480. The summed E-state index contributed by atoms with van der Waals surface area (Å²) >= 11 is 0. The van der Waals surface area contributed by atoms with Gasteiger partial charge in [0, 0.05) is 43.9 Å². The van der Waals surface area contributed by atoms with Crippen molar-refractivity contribution in [2.24, 2.45) is 0 Å². The number of aromatic nitrogens is 2. The van der Waals surface area contributed by atoms with E-state index in [0.29, 0.717) is 28.3 Å². The minimum Gasteiger partial charge on any atom is -0.481 e. The fraction of sp³-hybridized carbons (Fsp3) is 0.172. The number of nitrogens with zero attached hydrogens (tertiary/aromatic N) is 1. The van der Waals surface area contributed by atoms with Crippen molar-refractivity contribution in [3.63, 3.8) is 0 Å². The number of aliphatic carboxylic acids is 1. The van der Waals surface area contributed by atoms with Crippen molar-refractivity contribution >= 4 is 17.7 Å². The Balaban J connectivity index is 1.38. The van der Waals surface area contributed by atoms with Gasteiger partial charge in [0.1, 0.15) is 23.1 Å². The van der Waals surface area contributed by atoms with Gasteiger partial charge in [-0.25, -0.2) is 4.39 Å². The lowest BCUT2D eigenvalue weighted by molar-refractivity contribution is -0.136. The molecule has 0 aliphatic heterocycles. The summed E-state index contributed by atoms with van der Waals surface area (Å²) in [4.78, 5) is 42.5. The molecule has 0 saturated carbocycles. The van der Waals surface area contributed by atoms with E-state index in [1.165, 1.54) is 18.5 Å². The van der Waals surface area contributed by atoms with E-state index in [9.17, 15) is 18.8 Å². The summed E-state index contributed by atoms with van der Waals surface area (Å²) in [7, 11) is 0. The van der Waals surface area contributed by atoms with Gasteiger partial charge in [-0.1, -0.05) is 35.9 Å². The highest BCUT2D eigenvalue weighted by molar-refractivity contribution is 5.95. The van der Waals surface area contributed by atoms with Crippen LogP contribution in [-0.2, 0) is 22.4 Å². The Morgan fingerprint density at radius 1 is 1.03 bits per heavy atom. The molecule has 8 nitrogen and oxygen atoms in total. The second kappa shape index (κ2) is 12.0. The summed E-state index contributed by atoms with van der Waals surface area (Å²) in [6, 6.07) is 16.9. The van der Waals surface area contributed by atoms with E-state index in [-0.39, 0.29) is 37.3 Å². The van der Waals surface area contributed by atoms with Crippen LogP contribution in [0.3, 0.4) is 0 Å². The molecule has 4 rings (SSSR count). The first-order valence-corrected chi connectivity index (χ1v) is 11.9. The van der Waals surface area contributed by atoms with Gasteiger partial charge in [-0.15, -0.1) is 0 Å². The smallest absolute Gasteiger partial charge is 0.305 e. The molecule has 3 N–H and O–H groups in total. The molecule has 0 bridgehead atoms.